The second kappa shape index (κ2) is 7.71. The van der Waals surface area contributed by atoms with Crippen LogP contribution in [0.15, 0.2) is 30.3 Å². The Morgan fingerprint density at radius 2 is 2.00 bits per heavy atom. The lowest BCUT2D eigenvalue weighted by Crippen LogP contribution is -2.38. The lowest BCUT2D eigenvalue weighted by Gasteiger charge is -2.18. The van der Waals surface area contributed by atoms with Crippen molar-refractivity contribution in [1.82, 2.24) is 10.2 Å². The summed E-state index contributed by atoms with van der Waals surface area (Å²) in [6, 6.07) is 9.78. The predicted molar refractivity (Wildman–Crippen MR) is 72.4 cm³/mol. The van der Waals surface area contributed by atoms with Crippen molar-refractivity contribution in [1.29, 1.82) is 0 Å². The first-order chi connectivity index (χ1) is 8.59. The summed E-state index contributed by atoms with van der Waals surface area (Å²) >= 11 is 0. The molecule has 0 atom stereocenters. The van der Waals surface area contributed by atoms with Gasteiger partial charge in [0.2, 0.25) is 0 Å². The second-order valence-electron chi connectivity index (χ2n) is 4.49. The van der Waals surface area contributed by atoms with Gasteiger partial charge >= 0.3 is 6.03 Å². The zero-order valence-corrected chi connectivity index (χ0v) is 11.3. The number of rotatable bonds is 6. The maximum atomic E-state index is 11.8. The van der Waals surface area contributed by atoms with E-state index in [2.05, 4.69) is 5.32 Å². The van der Waals surface area contributed by atoms with Crippen molar-refractivity contribution in [3.8, 4) is 0 Å². The van der Waals surface area contributed by atoms with Crippen molar-refractivity contribution in [2.75, 3.05) is 20.2 Å². The summed E-state index contributed by atoms with van der Waals surface area (Å²) in [7, 11) is 1.77. The molecule has 1 rings (SSSR count). The summed E-state index contributed by atoms with van der Waals surface area (Å²) in [5, 5.41) is 2.87. The Bertz CT molecular complexity index is 352. The van der Waals surface area contributed by atoms with Gasteiger partial charge in [0.1, 0.15) is 0 Å². The molecule has 0 aliphatic heterocycles. The van der Waals surface area contributed by atoms with E-state index in [1.165, 1.54) is 0 Å². The van der Waals surface area contributed by atoms with Gasteiger partial charge < -0.3 is 15.0 Å². The van der Waals surface area contributed by atoms with E-state index in [-0.39, 0.29) is 12.1 Å². The number of benzene rings is 1. The molecular formula is C14H22N2O2. The minimum absolute atomic E-state index is 0.0776. The van der Waals surface area contributed by atoms with Gasteiger partial charge in [-0.25, -0.2) is 4.79 Å². The lowest BCUT2D eigenvalue weighted by atomic mass is 10.2. The number of ether oxygens (including phenoxy) is 1. The fourth-order valence-electron chi connectivity index (χ4n) is 1.44. The SMILES string of the molecule is CC(C)OCCN(C)C(=O)NCc1ccccc1. The van der Waals surface area contributed by atoms with Gasteiger partial charge in [-0.3, -0.25) is 0 Å². The topological polar surface area (TPSA) is 41.6 Å². The van der Waals surface area contributed by atoms with E-state index in [1.54, 1.807) is 11.9 Å². The smallest absolute Gasteiger partial charge is 0.317 e. The normalized spacial score (nSPS) is 10.4. The van der Waals surface area contributed by atoms with Crippen molar-refractivity contribution in [3.05, 3.63) is 35.9 Å². The van der Waals surface area contributed by atoms with Crippen molar-refractivity contribution in [3.63, 3.8) is 0 Å². The van der Waals surface area contributed by atoms with Gasteiger partial charge in [-0.15, -0.1) is 0 Å². The minimum Gasteiger partial charge on any atom is -0.377 e. The largest absolute Gasteiger partial charge is 0.377 e. The molecule has 0 fully saturated rings. The molecule has 1 N–H and O–H groups in total. The number of likely N-dealkylation sites (N-methyl/N-ethyl adjacent to an activating group) is 1. The van der Waals surface area contributed by atoms with Crippen LogP contribution in [0.2, 0.25) is 0 Å². The zero-order valence-electron chi connectivity index (χ0n) is 11.3. The molecule has 0 saturated carbocycles. The Kier molecular flexibility index (Phi) is 6.22. The molecule has 0 unspecified atom stereocenters. The average molecular weight is 250 g/mol. The summed E-state index contributed by atoms with van der Waals surface area (Å²) in [6.45, 7) is 5.67. The molecule has 0 aliphatic rings. The van der Waals surface area contributed by atoms with Gasteiger partial charge in [-0.05, 0) is 19.4 Å². The maximum Gasteiger partial charge on any atom is 0.317 e. The van der Waals surface area contributed by atoms with Crippen LogP contribution in [0.25, 0.3) is 0 Å². The number of nitrogens with one attached hydrogen (secondary N) is 1. The molecule has 0 bridgehead atoms. The van der Waals surface area contributed by atoms with Crippen LogP contribution in [0.3, 0.4) is 0 Å². The fourth-order valence-corrected chi connectivity index (χ4v) is 1.44. The molecule has 0 radical (unpaired) electrons. The van der Waals surface area contributed by atoms with Gasteiger partial charge in [0.25, 0.3) is 0 Å². The van der Waals surface area contributed by atoms with Crippen LogP contribution < -0.4 is 5.32 Å². The van der Waals surface area contributed by atoms with Gasteiger partial charge in [0, 0.05) is 20.1 Å². The quantitative estimate of drug-likeness (QED) is 0.841. The van der Waals surface area contributed by atoms with E-state index in [4.69, 9.17) is 4.74 Å². The maximum absolute atomic E-state index is 11.8. The minimum atomic E-state index is -0.0776. The van der Waals surface area contributed by atoms with Crippen LogP contribution >= 0.6 is 0 Å². The van der Waals surface area contributed by atoms with Gasteiger partial charge in [-0.1, -0.05) is 30.3 Å². The van der Waals surface area contributed by atoms with E-state index in [9.17, 15) is 4.79 Å². The van der Waals surface area contributed by atoms with Gasteiger partial charge in [0.15, 0.2) is 0 Å². The molecule has 1 aromatic carbocycles. The van der Waals surface area contributed by atoms with Gasteiger partial charge in [0.05, 0.1) is 12.7 Å². The molecule has 0 heterocycles. The number of amides is 2. The molecule has 2 amide bonds. The molecule has 1 aromatic rings. The molecule has 0 spiro atoms. The van der Waals surface area contributed by atoms with Crippen LogP contribution in [-0.4, -0.2) is 37.2 Å². The number of hydrogen-bond donors (Lipinski definition) is 1. The third-order valence-electron chi connectivity index (χ3n) is 2.51. The fraction of sp³-hybridized carbons (Fsp3) is 0.500. The zero-order chi connectivity index (χ0) is 13.4. The van der Waals surface area contributed by atoms with Crippen LogP contribution in [0.4, 0.5) is 4.79 Å². The molecule has 0 aromatic heterocycles. The van der Waals surface area contributed by atoms with Gasteiger partial charge in [-0.2, -0.15) is 0 Å². The van der Waals surface area contributed by atoms with Crippen molar-refractivity contribution >= 4 is 6.03 Å². The Labute approximate surface area is 109 Å². The summed E-state index contributed by atoms with van der Waals surface area (Å²) in [6.07, 6.45) is 0.200. The number of carbonyl (C=O) groups is 1. The van der Waals surface area contributed by atoms with Crippen LogP contribution in [0.5, 0.6) is 0 Å². The standard InChI is InChI=1S/C14H22N2O2/c1-12(2)18-10-9-16(3)14(17)15-11-13-7-5-4-6-8-13/h4-8,12H,9-11H2,1-3H3,(H,15,17). The first-order valence-electron chi connectivity index (χ1n) is 6.24. The van der Waals surface area contributed by atoms with E-state index in [1.807, 2.05) is 44.2 Å². The summed E-state index contributed by atoms with van der Waals surface area (Å²) in [4.78, 5) is 13.4. The summed E-state index contributed by atoms with van der Waals surface area (Å²) < 4.78 is 5.40. The molecule has 0 saturated heterocycles. The number of urea groups is 1. The Hall–Kier alpha value is -1.55. The number of hydrogen-bond acceptors (Lipinski definition) is 2. The highest BCUT2D eigenvalue weighted by Gasteiger charge is 2.07. The molecule has 0 aliphatic carbocycles. The Balaban J connectivity index is 2.23. The Morgan fingerprint density at radius 1 is 1.33 bits per heavy atom. The second-order valence-corrected chi connectivity index (χ2v) is 4.49. The molecule has 100 valence electrons. The van der Waals surface area contributed by atoms with Crippen LogP contribution in [-0.2, 0) is 11.3 Å². The van der Waals surface area contributed by atoms with E-state index < -0.39 is 0 Å². The van der Waals surface area contributed by atoms with Crippen LogP contribution in [0.1, 0.15) is 19.4 Å². The number of nitrogens with zero attached hydrogens (tertiary/aromatic N) is 1. The van der Waals surface area contributed by atoms with Crippen LogP contribution in [0, 0.1) is 0 Å². The molecular weight excluding hydrogens is 228 g/mol. The number of carbonyl (C=O) groups excluding carboxylic acids is 1. The summed E-state index contributed by atoms with van der Waals surface area (Å²) in [5.41, 5.74) is 1.10. The predicted octanol–water partition coefficient (Wildman–Crippen LogP) is 2.25. The third-order valence-corrected chi connectivity index (χ3v) is 2.51. The van der Waals surface area contributed by atoms with Crippen molar-refractivity contribution in [2.45, 2.75) is 26.5 Å². The van der Waals surface area contributed by atoms with E-state index >= 15 is 0 Å². The third kappa shape index (κ3) is 5.68. The molecule has 18 heavy (non-hydrogen) atoms. The molecule has 4 heteroatoms. The molecule has 4 nitrogen and oxygen atoms in total. The first kappa shape index (κ1) is 14.5. The lowest BCUT2D eigenvalue weighted by molar-refractivity contribution is 0.0680. The highest BCUT2D eigenvalue weighted by atomic mass is 16.5. The summed E-state index contributed by atoms with van der Waals surface area (Å²) in [5.74, 6) is 0. The van der Waals surface area contributed by atoms with E-state index in [0.717, 1.165) is 5.56 Å². The van der Waals surface area contributed by atoms with Crippen molar-refractivity contribution in [2.24, 2.45) is 0 Å². The first-order valence-corrected chi connectivity index (χ1v) is 6.24. The van der Waals surface area contributed by atoms with E-state index in [0.29, 0.717) is 19.7 Å². The van der Waals surface area contributed by atoms with Crippen molar-refractivity contribution < 1.29 is 9.53 Å². The average Bonchev–Trinajstić information content (AvgIpc) is 2.36. The Morgan fingerprint density at radius 3 is 2.61 bits per heavy atom. The highest BCUT2D eigenvalue weighted by molar-refractivity contribution is 5.73. The highest BCUT2D eigenvalue weighted by Crippen LogP contribution is 1.98. The monoisotopic (exact) mass is 250 g/mol.